The molecule has 0 aromatic carbocycles. The third-order valence-corrected chi connectivity index (χ3v) is 2.40. The average Bonchev–Trinajstić information content (AvgIpc) is 2.69. The molecule has 1 aromatic heterocycles. The van der Waals surface area contributed by atoms with E-state index in [1.54, 1.807) is 6.92 Å². The Balaban J connectivity index is 2.39. The van der Waals surface area contributed by atoms with Crippen LogP contribution in [0.5, 0.6) is 0 Å². The fraction of sp³-hybridized carbons (Fsp3) is 0.500. The van der Waals surface area contributed by atoms with Gasteiger partial charge in [0.1, 0.15) is 5.76 Å². The van der Waals surface area contributed by atoms with Crippen LogP contribution < -0.4 is 10.6 Å². The van der Waals surface area contributed by atoms with E-state index in [0.29, 0.717) is 18.8 Å². The van der Waals surface area contributed by atoms with Crippen molar-refractivity contribution in [1.82, 2.24) is 10.6 Å². The molecule has 100 valence electrons. The Hall–Kier alpha value is -1.82. The lowest BCUT2D eigenvalue weighted by atomic mass is 10.2. The van der Waals surface area contributed by atoms with Crippen LogP contribution in [0.2, 0.25) is 0 Å². The Kier molecular flexibility index (Phi) is 5.38. The van der Waals surface area contributed by atoms with Crippen molar-refractivity contribution in [3.63, 3.8) is 0 Å². The molecule has 0 radical (unpaired) electrons. The molecule has 0 aliphatic heterocycles. The lowest BCUT2D eigenvalue weighted by Gasteiger charge is -2.04. The maximum absolute atomic E-state index is 11.3. The van der Waals surface area contributed by atoms with E-state index in [9.17, 15) is 9.59 Å². The Labute approximate surface area is 105 Å². The number of carbonyl (C=O) groups excluding carboxylic acids is 1. The summed E-state index contributed by atoms with van der Waals surface area (Å²) >= 11 is 0. The number of carbonyl (C=O) groups is 2. The summed E-state index contributed by atoms with van der Waals surface area (Å²) in [5, 5.41) is 14.4. The SMILES string of the molecule is CCCNC(=O)CNCc1cc(C(=O)O)oc1C. The van der Waals surface area contributed by atoms with Crippen LogP contribution in [0.25, 0.3) is 0 Å². The fourth-order valence-electron chi connectivity index (χ4n) is 1.44. The zero-order valence-electron chi connectivity index (χ0n) is 10.6. The minimum absolute atomic E-state index is 0.0727. The van der Waals surface area contributed by atoms with Crippen molar-refractivity contribution in [3.8, 4) is 0 Å². The van der Waals surface area contributed by atoms with E-state index >= 15 is 0 Å². The largest absolute Gasteiger partial charge is 0.475 e. The summed E-state index contributed by atoms with van der Waals surface area (Å²) in [7, 11) is 0. The molecule has 0 saturated heterocycles. The molecule has 1 amide bonds. The first-order valence-electron chi connectivity index (χ1n) is 5.84. The van der Waals surface area contributed by atoms with E-state index in [0.717, 1.165) is 12.0 Å². The van der Waals surface area contributed by atoms with Gasteiger partial charge in [-0.15, -0.1) is 0 Å². The van der Waals surface area contributed by atoms with Crippen LogP contribution in [-0.2, 0) is 11.3 Å². The van der Waals surface area contributed by atoms with Crippen LogP contribution in [0.15, 0.2) is 10.5 Å². The highest BCUT2D eigenvalue weighted by molar-refractivity contribution is 5.84. The molecule has 1 aromatic rings. The van der Waals surface area contributed by atoms with Gasteiger partial charge in [0.15, 0.2) is 0 Å². The van der Waals surface area contributed by atoms with Crippen LogP contribution >= 0.6 is 0 Å². The molecule has 0 aliphatic carbocycles. The normalized spacial score (nSPS) is 10.3. The number of aryl methyl sites for hydroxylation is 1. The van der Waals surface area contributed by atoms with Crippen LogP contribution in [0.4, 0.5) is 0 Å². The lowest BCUT2D eigenvalue weighted by Crippen LogP contribution is -2.33. The predicted octanol–water partition coefficient (Wildman–Crippen LogP) is 0.902. The van der Waals surface area contributed by atoms with Gasteiger partial charge in [0, 0.05) is 18.7 Å². The second-order valence-corrected chi connectivity index (χ2v) is 3.95. The zero-order chi connectivity index (χ0) is 13.5. The van der Waals surface area contributed by atoms with Crippen molar-refractivity contribution in [3.05, 3.63) is 23.2 Å². The number of aromatic carboxylic acids is 1. The summed E-state index contributed by atoms with van der Waals surface area (Å²) in [6.07, 6.45) is 0.897. The number of hydrogen-bond acceptors (Lipinski definition) is 4. The Morgan fingerprint density at radius 1 is 1.44 bits per heavy atom. The molecule has 0 aliphatic rings. The van der Waals surface area contributed by atoms with E-state index in [-0.39, 0.29) is 18.2 Å². The number of furan rings is 1. The molecule has 0 fully saturated rings. The zero-order valence-corrected chi connectivity index (χ0v) is 10.6. The number of rotatable bonds is 7. The number of hydrogen-bond donors (Lipinski definition) is 3. The fourth-order valence-corrected chi connectivity index (χ4v) is 1.44. The summed E-state index contributed by atoms with van der Waals surface area (Å²) in [5.41, 5.74) is 0.746. The number of carboxylic acids is 1. The van der Waals surface area contributed by atoms with E-state index in [2.05, 4.69) is 10.6 Å². The molecule has 6 heteroatoms. The highest BCUT2D eigenvalue weighted by atomic mass is 16.4. The van der Waals surface area contributed by atoms with Gasteiger partial charge < -0.3 is 20.2 Å². The Bertz CT molecular complexity index is 426. The first-order valence-corrected chi connectivity index (χ1v) is 5.84. The van der Waals surface area contributed by atoms with Crippen molar-refractivity contribution in [2.24, 2.45) is 0 Å². The topological polar surface area (TPSA) is 91.6 Å². The summed E-state index contributed by atoms with van der Waals surface area (Å²) in [6, 6.07) is 1.47. The number of carboxylic acid groups (broad SMARTS) is 1. The highest BCUT2D eigenvalue weighted by Gasteiger charge is 2.12. The minimum atomic E-state index is -1.09. The van der Waals surface area contributed by atoms with Gasteiger partial charge in [-0.2, -0.15) is 0 Å². The molecular formula is C12H18N2O4. The molecule has 6 nitrogen and oxygen atoms in total. The summed E-state index contributed by atoms with van der Waals surface area (Å²) in [6.45, 7) is 4.94. The third kappa shape index (κ3) is 4.21. The van der Waals surface area contributed by atoms with Gasteiger partial charge >= 0.3 is 5.97 Å². The van der Waals surface area contributed by atoms with Gasteiger partial charge in [-0.1, -0.05) is 6.92 Å². The second kappa shape index (κ2) is 6.80. The van der Waals surface area contributed by atoms with E-state index < -0.39 is 5.97 Å². The predicted molar refractivity (Wildman–Crippen MR) is 65.4 cm³/mol. The van der Waals surface area contributed by atoms with Crippen LogP contribution in [0.3, 0.4) is 0 Å². The van der Waals surface area contributed by atoms with Gasteiger partial charge in [-0.05, 0) is 19.4 Å². The van der Waals surface area contributed by atoms with Crippen molar-refractivity contribution >= 4 is 11.9 Å². The lowest BCUT2D eigenvalue weighted by molar-refractivity contribution is -0.120. The molecule has 0 unspecified atom stereocenters. The molecule has 3 N–H and O–H groups in total. The van der Waals surface area contributed by atoms with E-state index in [1.807, 2.05) is 6.92 Å². The van der Waals surface area contributed by atoms with Crippen molar-refractivity contribution in [2.75, 3.05) is 13.1 Å². The standard InChI is InChI=1S/C12H18N2O4/c1-3-4-14-11(15)7-13-6-9-5-10(12(16)17)18-8(9)2/h5,13H,3-4,6-7H2,1-2H3,(H,14,15)(H,16,17). The van der Waals surface area contributed by atoms with Gasteiger partial charge in [-0.25, -0.2) is 4.79 Å². The minimum Gasteiger partial charge on any atom is -0.475 e. The van der Waals surface area contributed by atoms with Gasteiger partial charge in [0.25, 0.3) is 0 Å². The summed E-state index contributed by atoms with van der Waals surface area (Å²) in [4.78, 5) is 22.0. The monoisotopic (exact) mass is 254 g/mol. The van der Waals surface area contributed by atoms with Crippen molar-refractivity contribution in [2.45, 2.75) is 26.8 Å². The maximum Gasteiger partial charge on any atom is 0.371 e. The second-order valence-electron chi connectivity index (χ2n) is 3.95. The number of amides is 1. The third-order valence-electron chi connectivity index (χ3n) is 2.40. The Morgan fingerprint density at radius 2 is 2.17 bits per heavy atom. The highest BCUT2D eigenvalue weighted by Crippen LogP contribution is 2.14. The smallest absolute Gasteiger partial charge is 0.371 e. The Morgan fingerprint density at radius 3 is 2.72 bits per heavy atom. The molecule has 0 spiro atoms. The molecular weight excluding hydrogens is 236 g/mol. The molecule has 0 saturated carbocycles. The maximum atomic E-state index is 11.3. The first-order chi connectivity index (χ1) is 8.54. The van der Waals surface area contributed by atoms with Crippen LogP contribution in [0, 0.1) is 6.92 Å². The summed E-state index contributed by atoms with van der Waals surface area (Å²) in [5.74, 6) is -0.699. The quantitative estimate of drug-likeness (QED) is 0.672. The first kappa shape index (κ1) is 14.2. The van der Waals surface area contributed by atoms with Crippen LogP contribution in [0.1, 0.15) is 35.2 Å². The van der Waals surface area contributed by atoms with Crippen molar-refractivity contribution in [1.29, 1.82) is 0 Å². The molecule has 18 heavy (non-hydrogen) atoms. The summed E-state index contributed by atoms with van der Waals surface area (Å²) < 4.78 is 5.06. The van der Waals surface area contributed by atoms with E-state index in [4.69, 9.17) is 9.52 Å². The molecule has 0 atom stereocenters. The van der Waals surface area contributed by atoms with Gasteiger partial charge in [0.05, 0.1) is 6.54 Å². The molecule has 1 rings (SSSR count). The molecule has 0 bridgehead atoms. The average molecular weight is 254 g/mol. The van der Waals surface area contributed by atoms with E-state index in [1.165, 1.54) is 6.07 Å². The van der Waals surface area contributed by atoms with Crippen molar-refractivity contribution < 1.29 is 19.1 Å². The van der Waals surface area contributed by atoms with Gasteiger partial charge in [-0.3, -0.25) is 4.79 Å². The molecule has 1 heterocycles. The number of nitrogens with one attached hydrogen (secondary N) is 2. The van der Waals surface area contributed by atoms with Crippen LogP contribution in [-0.4, -0.2) is 30.1 Å². The van der Waals surface area contributed by atoms with Gasteiger partial charge in [0.2, 0.25) is 11.7 Å².